The van der Waals surface area contributed by atoms with Gasteiger partial charge in [0.25, 0.3) is 0 Å². The molecule has 4 aromatic rings. The lowest BCUT2D eigenvalue weighted by Gasteiger charge is -2.17. The van der Waals surface area contributed by atoms with Crippen LogP contribution in [0.15, 0.2) is 66.9 Å². The highest BCUT2D eigenvalue weighted by Crippen LogP contribution is 2.34. The van der Waals surface area contributed by atoms with Crippen LogP contribution in [0.2, 0.25) is 5.02 Å². The summed E-state index contributed by atoms with van der Waals surface area (Å²) >= 11 is 6.32. The van der Waals surface area contributed by atoms with Crippen LogP contribution < -0.4 is 4.74 Å². The van der Waals surface area contributed by atoms with Gasteiger partial charge >= 0.3 is 0 Å². The number of aromatic nitrogens is 3. The van der Waals surface area contributed by atoms with Crippen LogP contribution in [-0.4, -0.2) is 15.0 Å². The van der Waals surface area contributed by atoms with Crippen LogP contribution in [0.3, 0.4) is 0 Å². The molecule has 0 radical (unpaired) electrons. The van der Waals surface area contributed by atoms with Gasteiger partial charge in [0.15, 0.2) is 0 Å². The van der Waals surface area contributed by atoms with E-state index in [1.54, 1.807) is 4.68 Å². The van der Waals surface area contributed by atoms with E-state index in [1.807, 2.05) is 54.7 Å². The van der Waals surface area contributed by atoms with Crippen molar-refractivity contribution in [1.82, 2.24) is 15.0 Å². The van der Waals surface area contributed by atoms with Crippen LogP contribution >= 0.6 is 11.6 Å². The molecular weight excluding hydrogens is 358 g/mol. The maximum absolute atomic E-state index is 6.32. The summed E-state index contributed by atoms with van der Waals surface area (Å²) in [6.07, 6.45) is 2.52. The Bertz CT molecular complexity index is 1070. The molecule has 5 heteroatoms. The molecule has 0 bridgehead atoms. The van der Waals surface area contributed by atoms with E-state index in [1.165, 1.54) is 5.56 Å². The molecular formula is C22H20ClN3O. The number of ether oxygens (including phenoxy) is 1. The molecule has 0 N–H and O–H groups in total. The van der Waals surface area contributed by atoms with Gasteiger partial charge in [0.2, 0.25) is 0 Å². The predicted octanol–water partition coefficient (Wildman–Crippen LogP) is 5.91. The second-order valence-corrected chi connectivity index (χ2v) is 6.94. The molecule has 0 fully saturated rings. The van der Waals surface area contributed by atoms with E-state index >= 15 is 0 Å². The summed E-state index contributed by atoms with van der Waals surface area (Å²) < 4.78 is 8.09. The molecule has 3 aromatic carbocycles. The van der Waals surface area contributed by atoms with Crippen LogP contribution in [0.4, 0.5) is 0 Å². The predicted molar refractivity (Wildman–Crippen MR) is 109 cm³/mol. The van der Waals surface area contributed by atoms with Gasteiger partial charge in [0.1, 0.15) is 17.5 Å². The number of benzene rings is 3. The summed E-state index contributed by atoms with van der Waals surface area (Å²) in [5.41, 5.74) is 2.99. The minimum atomic E-state index is -0.186. The van der Waals surface area contributed by atoms with Crippen LogP contribution in [0.5, 0.6) is 5.75 Å². The Labute approximate surface area is 163 Å². The van der Waals surface area contributed by atoms with E-state index in [-0.39, 0.29) is 6.10 Å². The Morgan fingerprint density at radius 3 is 2.48 bits per heavy atom. The molecule has 27 heavy (non-hydrogen) atoms. The maximum atomic E-state index is 6.32. The molecule has 1 aromatic heterocycles. The second-order valence-electron chi connectivity index (χ2n) is 6.53. The second kappa shape index (κ2) is 7.41. The number of fused-ring (bicyclic) bond motifs is 1. The Balaban J connectivity index is 1.64. The zero-order chi connectivity index (χ0) is 18.8. The van der Waals surface area contributed by atoms with Crippen molar-refractivity contribution in [3.05, 3.63) is 83.1 Å². The summed E-state index contributed by atoms with van der Waals surface area (Å²) in [6.45, 7) is 4.14. The smallest absolute Gasteiger partial charge is 0.144 e. The Kier molecular flexibility index (Phi) is 4.82. The SMILES string of the molecule is CCC(Oc1ccc(Cl)c2ccccc12)c1cn(-c2ccc(C)cc2)nn1. The number of halogens is 1. The van der Waals surface area contributed by atoms with Crippen molar-refractivity contribution in [2.24, 2.45) is 0 Å². The first-order valence-corrected chi connectivity index (χ1v) is 9.36. The van der Waals surface area contributed by atoms with Gasteiger partial charge in [-0.05, 0) is 37.6 Å². The first-order chi connectivity index (χ1) is 13.2. The van der Waals surface area contributed by atoms with Crippen molar-refractivity contribution in [2.75, 3.05) is 0 Å². The molecule has 1 atom stereocenters. The standard InChI is InChI=1S/C22H20ClN3O/c1-3-21(20-14-26(25-24-20)16-10-8-15(2)9-11-16)27-22-13-12-19(23)17-6-4-5-7-18(17)22/h4-14,21H,3H2,1-2H3. The van der Waals surface area contributed by atoms with Gasteiger partial charge in [0.05, 0.1) is 11.9 Å². The van der Waals surface area contributed by atoms with E-state index < -0.39 is 0 Å². The van der Waals surface area contributed by atoms with Crippen molar-refractivity contribution in [3.63, 3.8) is 0 Å². The fourth-order valence-electron chi connectivity index (χ4n) is 3.09. The highest BCUT2D eigenvalue weighted by Gasteiger charge is 2.17. The van der Waals surface area contributed by atoms with Crippen molar-refractivity contribution >= 4 is 22.4 Å². The molecule has 1 heterocycles. The van der Waals surface area contributed by atoms with Crippen LogP contribution in [0, 0.1) is 6.92 Å². The lowest BCUT2D eigenvalue weighted by Crippen LogP contribution is -2.07. The molecule has 0 aliphatic rings. The Morgan fingerprint density at radius 1 is 1.00 bits per heavy atom. The molecule has 1 unspecified atom stereocenters. The molecule has 4 nitrogen and oxygen atoms in total. The third-order valence-electron chi connectivity index (χ3n) is 4.61. The first kappa shape index (κ1) is 17.6. The van der Waals surface area contributed by atoms with E-state index in [0.717, 1.165) is 39.3 Å². The molecule has 136 valence electrons. The highest BCUT2D eigenvalue weighted by molar-refractivity contribution is 6.35. The fourth-order valence-corrected chi connectivity index (χ4v) is 3.32. The van der Waals surface area contributed by atoms with Crippen LogP contribution in [0.25, 0.3) is 16.5 Å². The average molecular weight is 378 g/mol. The Hall–Kier alpha value is -2.85. The Morgan fingerprint density at radius 2 is 1.74 bits per heavy atom. The van der Waals surface area contributed by atoms with Crippen molar-refractivity contribution < 1.29 is 4.74 Å². The maximum Gasteiger partial charge on any atom is 0.144 e. The van der Waals surface area contributed by atoms with E-state index in [4.69, 9.17) is 16.3 Å². The summed E-state index contributed by atoms with van der Waals surface area (Å²) in [4.78, 5) is 0. The van der Waals surface area contributed by atoms with Gasteiger partial charge in [-0.15, -0.1) is 5.10 Å². The van der Waals surface area contributed by atoms with Gasteiger partial charge in [-0.3, -0.25) is 0 Å². The summed E-state index contributed by atoms with van der Waals surface area (Å²) in [5.74, 6) is 0.798. The van der Waals surface area contributed by atoms with Gasteiger partial charge in [-0.25, -0.2) is 4.68 Å². The van der Waals surface area contributed by atoms with Gasteiger partial charge in [-0.1, -0.05) is 65.7 Å². The number of nitrogens with zero attached hydrogens (tertiary/aromatic N) is 3. The summed E-state index contributed by atoms with van der Waals surface area (Å²) in [7, 11) is 0. The zero-order valence-corrected chi connectivity index (χ0v) is 16.0. The van der Waals surface area contributed by atoms with E-state index in [9.17, 15) is 0 Å². The molecule has 0 saturated carbocycles. The van der Waals surface area contributed by atoms with Crippen molar-refractivity contribution in [3.8, 4) is 11.4 Å². The van der Waals surface area contributed by atoms with E-state index in [2.05, 4.69) is 36.3 Å². The normalized spacial score (nSPS) is 12.3. The van der Waals surface area contributed by atoms with Gasteiger partial charge in [0, 0.05) is 15.8 Å². The molecule has 4 rings (SSSR count). The minimum absolute atomic E-state index is 0.186. The van der Waals surface area contributed by atoms with Crippen molar-refractivity contribution in [1.29, 1.82) is 0 Å². The first-order valence-electron chi connectivity index (χ1n) is 8.99. The highest BCUT2D eigenvalue weighted by atomic mass is 35.5. The number of rotatable bonds is 5. The molecule has 0 aliphatic carbocycles. The quantitative estimate of drug-likeness (QED) is 0.434. The minimum Gasteiger partial charge on any atom is -0.483 e. The van der Waals surface area contributed by atoms with Crippen LogP contribution in [0.1, 0.15) is 30.7 Å². The third-order valence-corrected chi connectivity index (χ3v) is 4.94. The van der Waals surface area contributed by atoms with E-state index in [0.29, 0.717) is 0 Å². The average Bonchev–Trinajstić information content (AvgIpc) is 3.18. The molecule has 0 saturated heterocycles. The van der Waals surface area contributed by atoms with Gasteiger partial charge in [-0.2, -0.15) is 0 Å². The largest absolute Gasteiger partial charge is 0.483 e. The molecule has 0 amide bonds. The lowest BCUT2D eigenvalue weighted by molar-refractivity contribution is 0.199. The number of aryl methyl sites for hydroxylation is 1. The molecule has 0 aliphatic heterocycles. The topological polar surface area (TPSA) is 39.9 Å². The summed E-state index contributed by atoms with van der Waals surface area (Å²) in [6, 6.07) is 19.9. The zero-order valence-electron chi connectivity index (χ0n) is 15.3. The van der Waals surface area contributed by atoms with Crippen molar-refractivity contribution in [2.45, 2.75) is 26.4 Å². The number of hydrogen-bond acceptors (Lipinski definition) is 3. The van der Waals surface area contributed by atoms with Gasteiger partial charge < -0.3 is 4.74 Å². The molecule has 0 spiro atoms. The number of hydrogen-bond donors (Lipinski definition) is 0. The third kappa shape index (κ3) is 3.53. The summed E-state index contributed by atoms with van der Waals surface area (Å²) in [5, 5.41) is 11.3. The van der Waals surface area contributed by atoms with Crippen LogP contribution in [-0.2, 0) is 0 Å². The fraction of sp³-hybridized carbons (Fsp3) is 0.182. The lowest BCUT2D eigenvalue weighted by atomic mass is 10.1. The monoisotopic (exact) mass is 377 g/mol.